The predicted octanol–water partition coefficient (Wildman–Crippen LogP) is 3.10. The molecule has 2 aromatic rings. The zero-order valence-corrected chi connectivity index (χ0v) is 16.7. The number of nitrogens with zero attached hydrogens (tertiary/aromatic N) is 1. The molecule has 0 saturated heterocycles. The van der Waals surface area contributed by atoms with Crippen molar-refractivity contribution in [1.29, 1.82) is 0 Å². The first-order valence-electron chi connectivity index (χ1n) is 8.31. The molecule has 1 aliphatic heterocycles. The summed E-state index contributed by atoms with van der Waals surface area (Å²) in [7, 11) is 0. The van der Waals surface area contributed by atoms with Gasteiger partial charge in [-0.3, -0.25) is 9.59 Å². The molecule has 2 heterocycles. The maximum Gasteiger partial charge on any atom is 0.290 e. The van der Waals surface area contributed by atoms with Crippen LogP contribution in [0, 0.1) is 0 Å². The second-order valence-corrected chi connectivity index (χ2v) is 7.72. The van der Waals surface area contributed by atoms with Crippen molar-refractivity contribution >= 4 is 39.0 Å². The summed E-state index contributed by atoms with van der Waals surface area (Å²) < 4.78 is 6.13. The van der Waals surface area contributed by atoms with E-state index in [1.807, 2.05) is 24.3 Å². The van der Waals surface area contributed by atoms with Crippen molar-refractivity contribution in [3.63, 3.8) is 0 Å². The van der Waals surface area contributed by atoms with Crippen molar-refractivity contribution in [3.05, 3.63) is 68.0 Å². The largest absolute Gasteiger partial charge is 0.503 e. The first-order valence-corrected chi connectivity index (χ1v) is 9.98. The van der Waals surface area contributed by atoms with E-state index in [1.54, 1.807) is 17.5 Å². The van der Waals surface area contributed by atoms with Crippen LogP contribution < -0.4 is 0 Å². The monoisotopic (exact) mass is 451 g/mol. The Hall–Kier alpha value is -2.00. The number of thiophene rings is 1. The third-order valence-electron chi connectivity index (χ3n) is 4.19. The van der Waals surface area contributed by atoms with Crippen LogP contribution in [0.4, 0.5) is 0 Å². The fourth-order valence-corrected chi connectivity index (χ4v) is 3.92. The van der Waals surface area contributed by atoms with Gasteiger partial charge in [0.15, 0.2) is 5.76 Å². The third-order valence-corrected chi connectivity index (χ3v) is 5.59. The van der Waals surface area contributed by atoms with Crippen LogP contribution in [0.15, 0.2) is 57.6 Å². The normalized spacial score (nSPS) is 17.0. The van der Waals surface area contributed by atoms with Crippen LogP contribution in [0.1, 0.15) is 21.3 Å². The quantitative estimate of drug-likeness (QED) is 0.475. The van der Waals surface area contributed by atoms with E-state index in [0.29, 0.717) is 4.88 Å². The van der Waals surface area contributed by atoms with Crippen molar-refractivity contribution in [2.75, 3.05) is 26.4 Å². The summed E-state index contributed by atoms with van der Waals surface area (Å²) in [6.45, 7) is 0.416. The number of hydrogen-bond acceptors (Lipinski definition) is 6. The molecule has 3 rings (SSSR count). The van der Waals surface area contributed by atoms with Crippen LogP contribution in [0.25, 0.3) is 0 Å². The summed E-state index contributed by atoms with van der Waals surface area (Å²) in [5.41, 5.74) is 0.796. The number of benzene rings is 1. The van der Waals surface area contributed by atoms with E-state index >= 15 is 0 Å². The Kier molecular flexibility index (Phi) is 6.43. The van der Waals surface area contributed by atoms with Crippen LogP contribution in [-0.4, -0.2) is 53.2 Å². The standard InChI is InChI=1S/C19H18BrNO5S/c20-13-5-3-12(4-6-13)16-15(17(23)14-2-1-11-27-14)18(24)19(25)21(16)7-9-26-10-8-22/h1-6,11,16,22,24H,7-10H2/t16-/m1/s1. The van der Waals surface area contributed by atoms with E-state index in [9.17, 15) is 14.7 Å². The van der Waals surface area contributed by atoms with E-state index in [2.05, 4.69) is 15.9 Å². The second-order valence-electron chi connectivity index (χ2n) is 5.86. The second kappa shape index (κ2) is 8.79. The van der Waals surface area contributed by atoms with Gasteiger partial charge in [0.05, 0.1) is 36.3 Å². The first-order chi connectivity index (χ1) is 13.0. The number of carbonyl (C=O) groups excluding carboxylic acids is 2. The highest BCUT2D eigenvalue weighted by molar-refractivity contribution is 9.10. The van der Waals surface area contributed by atoms with Crippen molar-refractivity contribution in [2.24, 2.45) is 0 Å². The SMILES string of the molecule is O=C(C1=C(O)C(=O)N(CCOCCO)[C@@H]1c1ccc(Br)cc1)c1cccs1. The fourth-order valence-electron chi connectivity index (χ4n) is 2.98. The Morgan fingerprint density at radius 1 is 1.22 bits per heavy atom. The van der Waals surface area contributed by atoms with Crippen molar-refractivity contribution in [1.82, 2.24) is 4.90 Å². The lowest BCUT2D eigenvalue weighted by molar-refractivity contribution is -0.130. The summed E-state index contributed by atoms with van der Waals surface area (Å²) in [6, 6.07) is 9.99. The lowest BCUT2D eigenvalue weighted by Gasteiger charge is -2.26. The molecule has 6 nitrogen and oxygen atoms in total. The molecule has 0 bridgehead atoms. The molecule has 2 N–H and O–H groups in total. The number of ether oxygens (including phenoxy) is 1. The molecule has 1 aromatic heterocycles. The van der Waals surface area contributed by atoms with E-state index in [-0.39, 0.29) is 37.7 Å². The Labute approximate surface area is 168 Å². The van der Waals surface area contributed by atoms with Crippen molar-refractivity contribution in [2.45, 2.75) is 6.04 Å². The molecule has 0 aliphatic carbocycles. The molecule has 1 atom stereocenters. The van der Waals surface area contributed by atoms with Crippen LogP contribution in [0.3, 0.4) is 0 Å². The van der Waals surface area contributed by atoms with Gasteiger partial charge < -0.3 is 19.8 Å². The maximum absolute atomic E-state index is 13.0. The predicted molar refractivity (Wildman–Crippen MR) is 105 cm³/mol. The third kappa shape index (κ3) is 4.14. The number of ketones is 1. The first kappa shape index (κ1) is 19.8. The van der Waals surface area contributed by atoms with E-state index in [1.165, 1.54) is 16.2 Å². The molecule has 8 heteroatoms. The van der Waals surface area contributed by atoms with Crippen LogP contribution in [0.2, 0.25) is 0 Å². The van der Waals surface area contributed by atoms with Gasteiger partial charge in [-0.15, -0.1) is 11.3 Å². The van der Waals surface area contributed by atoms with E-state index < -0.39 is 17.7 Å². The summed E-state index contributed by atoms with van der Waals surface area (Å²) in [5.74, 6) is -1.48. The number of rotatable bonds is 8. The maximum atomic E-state index is 13.0. The minimum Gasteiger partial charge on any atom is -0.503 e. The Morgan fingerprint density at radius 2 is 1.96 bits per heavy atom. The zero-order valence-electron chi connectivity index (χ0n) is 14.3. The Balaban J connectivity index is 1.96. The summed E-state index contributed by atoms with van der Waals surface area (Å²) in [4.78, 5) is 27.5. The molecule has 1 aromatic carbocycles. The number of Topliss-reactive ketones (excluding diaryl/α,β-unsaturated/α-hetero) is 1. The average molecular weight is 452 g/mol. The molecule has 1 amide bonds. The molecule has 0 saturated carbocycles. The number of amides is 1. The smallest absolute Gasteiger partial charge is 0.290 e. The van der Waals surface area contributed by atoms with Gasteiger partial charge in [0.25, 0.3) is 5.91 Å². The van der Waals surface area contributed by atoms with Gasteiger partial charge in [-0.25, -0.2) is 0 Å². The number of halogens is 1. The summed E-state index contributed by atoms with van der Waals surface area (Å²) in [5, 5.41) is 21.1. The van der Waals surface area contributed by atoms with E-state index in [0.717, 1.165) is 10.0 Å². The van der Waals surface area contributed by atoms with Gasteiger partial charge in [0.2, 0.25) is 5.78 Å². The topological polar surface area (TPSA) is 87.1 Å². The fraction of sp³-hybridized carbons (Fsp3) is 0.263. The molecule has 27 heavy (non-hydrogen) atoms. The van der Waals surface area contributed by atoms with Gasteiger partial charge in [-0.1, -0.05) is 34.1 Å². The van der Waals surface area contributed by atoms with E-state index in [4.69, 9.17) is 9.84 Å². The highest BCUT2D eigenvalue weighted by atomic mass is 79.9. The molecule has 0 fully saturated rings. The number of hydrogen-bond donors (Lipinski definition) is 2. The molecular formula is C19H18BrNO5S. The lowest BCUT2D eigenvalue weighted by Crippen LogP contribution is -2.34. The van der Waals surface area contributed by atoms with Crippen LogP contribution >= 0.6 is 27.3 Å². The average Bonchev–Trinajstić information content (AvgIpc) is 3.28. The molecule has 142 valence electrons. The van der Waals surface area contributed by atoms with Crippen LogP contribution in [-0.2, 0) is 9.53 Å². The summed E-state index contributed by atoms with van der Waals surface area (Å²) in [6.07, 6.45) is 0. The van der Waals surface area contributed by atoms with Crippen molar-refractivity contribution in [3.8, 4) is 0 Å². The highest BCUT2D eigenvalue weighted by Crippen LogP contribution is 2.39. The van der Waals surface area contributed by atoms with Gasteiger partial charge in [0, 0.05) is 11.0 Å². The Morgan fingerprint density at radius 3 is 2.59 bits per heavy atom. The highest BCUT2D eigenvalue weighted by Gasteiger charge is 2.43. The van der Waals surface area contributed by atoms with Crippen LogP contribution in [0.5, 0.6) is 0 Å². The number of aliphatic hydroxyl groups excluding tert-OH is 2. The zero-order chi connectivity index (χ0) is 19.4. The molecule has 0 spiro atoms. The van der Waals surface area contributed by atoms with Gasteiger partial charge in [-0.2, -0.15) is 0 Å². The number of aliphatic hydroxyl groups is 2. The molecule has 1 aliphatic rings. The van der Waals surface area contributed by atoms with Gasteiger partial charge in [-0.05, 0) is 29.1 Å². The molecule has 0 unspecified atom stereocenters. The minimum atomic E-state index is -0.696. The molecular weight excluding hydrogens is 434 g/mol. The van der Waals surface area contributed by atoms with Gasteiger partial charge >= 0.3 is 0 Å². The van der Waals surface area contributed by atoms with Crippen molar-refractivity contribution < 1.29 is 24.5 Å². The Bertz CT molecular complexity index is 847. The molecule has 0 radical (unpaired) electrons. The van der Waals surface area contributed by atoms with Gasteiger partial charge in [0.1, 0.15) is 0 Å². The number of carbonyl (C=O) groups is 2. The lowest BCUT2D eigenvalue weighted by atomic mass is 9.95. The minimum absolute atomic E-state index is 0.0759. The summed E-state index contributed by atoms with van der Waals surface area (Å²) >= 11 is 4.64.